The molecule has 1 aliphatic rings. The van der Waals surface area contributed by atoms with Gasteiger partial charge in [0.1, 0.15) is 5.82 Å². The highest BCUT2D eigenvalue weighted by Gasteiger charge is 2.30. The van der Waals surface area contributed by atoms with Crippen LogP contribution in [0.3, 0.4) is 0 Å². The van der Waals surface area contributed by atoms with E-state index in [4.69, 9.17) is 4.84 Å². The number of carbonyl (C=O) groups excluding carboxylic acids is 1. The van der Waals surface area contributed by atoms with E-state index in [0.717, 1.165) is 16.8 Å². The van der Waals surface area contributed by atoms with Gasteiger partial charge in [-0.15, -0.1) is 0 Å². The first kappa shape index (κ1) is 15.7. The first-order chi connectivity index (χ1) is 11.1. The lowest BCUT2D eigenvalue weighted by atomic mass is 10.0. The number of likely N-dealkylation sites (N-methyl/N-ethyl adjacent to an activating group) is 1. The molecule has 1 aromatic heterocycles. The number of carbonyl (C=O) groups is 1. The second kappa shape index (κ2) is 6.91. The molecule has 0 bridgehead atoms. The van der Waals surface area contributed by atoms with Crippen LogP contribution in [0.1, 0.15) is 17.5 Å². The second-order valence-corrected chi connectivity index (χ2v) is 6.37. The van der Waals surface area contributed by atoms with Gasteiger partial charge in [0, 0.05) is 26.4 Å². The minimum Gasteiger partial charge on any atom is -0.382 e. The van der Waals surface area contributed by atoms with Gasteiger partial charge in [-0.3, -0.25) is 4.79 Å². The molecule has 0 saturated heterocycles. The summed E-state index contributed by atoms with van der Waals surface area (Å²) in [5.41, 5.74) is 2.69. The number of oxime groups is 1. The Morgan fingerprint density at radius 1 is 1.43 bits per heavy atom. The van der Waals surface area contributed by atoms with Crippen LogP contribution in [-0.4, -0.2) is 29.7 Å². The van der Waals surface area contributed by atoms with Crippen molar-refractivity contribution < 1.29 is 14.0 Å². The van der Waals surface area contributed by atoms with Gasteiger partial charge < -0.3 is 9.74 Å². The second-order valence-electron chi connectivity index (χ2n) is 5.59. The van der Waals surface area contributed by atoms with Crippen LogP contribution >= 0.6 is 11.3 Å². The van der Waals surface area contributed by atoms with Crippen LogP contribution in [0.2, 0.25) is 0 Å². The normalized spacial score (nSPS) is 16.8. The Kier molecular flexibility index (Phi) is 4.71. The molecule has 0 unspecified atom stereocenters. The Morgan fingerprint density at radius 3 is 3.04 bits per heavy atom. The summed E-state index contributed by atoms with van der Waals surface area (Å²) in [6, 6.07) is 8.38. The van der Waals surface area contributed by atoms with Crippen molar-refractivity contribution in [3.63, 3.8) is 0 Å². The summed E-state index contributed by atoms with van der Waals surface area (Å²) in [7, 11) is 1.76. The molecule has 0 N–H and O–H groups in total. The van der Waals surface area contributed by atoms with Crippen molar-refractivity contribution >= 4 is 23.0 Å². The Morgan fingerprint density at radius 2 is 2.30 bits per heavy atom. The van der Waals surface area contributed by atoms with Gasteiger partial charge in [0.2, 0.25) is 6.10 Å². The van der Waals surface area contributed by atoms with Crippen molar-refractivity contribution in [3.05, 3.63) is 58.0 Å². The first-order valence-electron chi connectivity index (χ1n) is 7.34. The van der Waals surface area contributed by atoms with E-state index in [9.17, 15) is 9.18 Å². The van der Waals surface area contributed by atoms with Gasteiger partial charge >= 0.3 is 0 Å². The lowest BCUT2D eigenvalue weighted by Gasteiger charge is -2.19. The molecule has 6 heteroatoms. The van der Waals surface area contributed by atoms with E-state index in [0.29, 0.717) is 19.4 Å². The Bertz CT molecular complexity index is 715. The molecular formula is C17H17FN2O2S. The zero-order valence-electron chi connectivity index (χ0n) is 12.7. The third kappa shape index (κ3) is 3.96. The van der Waals surface area contributed by atoms with E-state index < -0.39 is 6.10 Å². The van der Waals surface area contributed by atoms with Gasteiger partial charge in [0.25, 0.3) is 5.91 Å². The van der Waals surface area contributed by atoms with Crippen molar-refractivity contribution in [1.82, 2.24) is 4.90 Å². The molecule has 1 amide bonds. The number of amides is 1. The highest BCUT2D eigenvalue weighted by Crippen LogP contribution is 2.18. The van der Waals surface area contributed by atoms with E-state index in [1.807, 2.05) is 22.9 Å². The molecule has 2 aromatic rings. The summed E-state index contributed by atoms with van der Waals surface area (Å²) in [6.07, 6.45) is 0.362. The average Bonchev–Trinajstić information content (AvgIpc) is 3.18. The third-order valence-electron chi connectivity index (χ3n) is 3.68. The molecule has 120 valence electrons. The van der Waals surface area contributed by atoms with Crippen LogP contribution in [0.4, 0.5) is 4.39 Å². The van der Waals surface area contributed by atoms with E-state index in [1.54, 1.807) is 29.4 Å². The predicted molar refractivity (Wildman–Crippen MR) is 87.8 cm³/mol. The predicted octanol–water partition coefficient (Wildman–Crippen LogP) is 3.23. The molecule has 3 rings (SSSR count). The molecule has 23 heavy (non-hydrogen) atoms. The summed E-state index contributed by atoms with van der Waals surface area (Å²) in [5, 5.41) is 8.00. The number of halogens is 1. The van der Waals surface area contributed by atoms with Gasteiger partial charge in [0.15, 0.2) is 0 Å². The van der Waals surface area contributed by atoms with Gasteiger partial charge in [-0.2, -0.15) is 11.3 Å². The molecular weight excluding hydrogens is 315 g/mol. The summed E-state index contributed by atoms with van der Waals surface area (Å²) >= 11 is 1.61. The zero-order valence-corrected chi connectivity index (χ0v) is 13.6. The van der Waals surface area contributed by atoms with Crippen molar-refractivity contribution in [3.8, 4) is 0 Å². The molecule has 0 spiro atoms. The number of nitrogens with zero attached hydrogens (tertiary/aromatic N) is 2. The van der Waals surface area contributed by atoms with Crippen LogP contribution in [0.5, 0.6) is 0 Å². The topological polar surface area (TPSA) is 41.9 Å². The lowest BCUT2D eigenvalue weighted by molar-refractivity contribution is -0.141. The number of hydrogen-bond acceptors (Lipinski definition) is 4. The molecule has 0 aliphatic carbocycles. The van der Waals surface area contributed by atoms with Crippen LogP contribution in [0, 0.1) is 5.82 Å². The fraction of sp³-hybridized carbons (Fsp3) is 0.294. The largest absolute Gasteiger partial charge is 0.382 e. The highest BCUT2D eigenvalue weighted by molar-refractivity contribution is 7.07. The van der Waals surface area contributed by atoms with Crippen LogP contribution in [0.15, 0.2) is 46.2 Å². The molecule has 1 aromatic carbocycles. The Balaban J connectivity index is 1.54. The first-order valence-corrected chi connectivity index (χ1v) is 8.28. The SMILES string of the molecule is CN(Cc1ccsc1)C(=O)[C@@H]1CC(Cc2cccc(F)c2)=NO1. The van der Waals surface area contributed by atoms with Crippen molar-refractivity contribution in [2.45, 2.75) is 25.5 Å². The van der Waals surface area contributed by atoms with Crippen LogP contribution in [0.25, 0.3) is 0 Å². The van der Waals surface area contributed by atoms with Gasteiger partial charge in [-0.05, 0) is 40.1 Å². The van der Waals surface area contributed by atoms with E-state index >= 15 is 0 Å². The summed E-state index contributed by atoms with van der Waals surface area (Å²) in [6.45, 7) is 0.557. The van der Waals surface area contributed by atoms with E-state index in [1.165, 1.54) is 12.1 Å². The monoisotopic (exact) mass is 332 g/mol. The standard InChI is InChI=1S/C17H17FN2O2S/c1-20(10-13-5-6-23-11-13)17(21)16-9-15(19-22-16)8-12-3-2-4-14(18)7-12/h2-7,11,16H,8-10H2,1H3/t16-/m0/s1. The number of hydrogen-bond donors (Lipinski definition) is 0. The molecule has 1 aliphatic heterocycles. The van der Waals surface area contributed by atoms with Crippen LogP contribution < -0.4 is 0 Å². The van der Waals surface area contributed by atoms with Crippen molar-refractivity contribution in [2.24, 2.45) is 5.16 Å². The maximum atomic E-state index is 13.2. The summed E-state index contributed by atoms with van der Waals surface area (Å²) in [5.74, 6) is -0.362. The molecule has 0 saturated carbocycles. The quantitative estimate of drug-likeness (QED) is 0.843. The zero-order chi connectivity index (χ0) is 16.2. The van der Waals surface area contributed by atoms with Gasteiger partial charge in [-0.1, -0.05) is 17.3 Å². The highest BCUT2D eigenvalue weighted by atomic mass is 32.1. The van der Waals surface area contributed by atoms with Crippen molar-refractivity contribution in [1.29, 1.82) is 0 Å². The molecule has 0 radical (unpaired) electrons. The molecule has 0 fully saturated rings. The lowest BCUT2D eigenvalue weighted by Crippen LogP contribution is -2.36. The van der Waals surface area contributed by atoms with E-state index in [-0.39, 0.29) is 11.7 Å². The fourth-order valence-electron chi connectivity index (χ4n) is 2.53. The summed E-state index contributed by atoms with van der Waals surface area (Å²) < 4.78 is 13.2. The average molecular weight is 332 g/mol. The Labute approximate surface area is 138 Å². The number of thiophene rings is 1. The van der Waals surface area contributed by atoms with Crippen molar-refractivity contribution in [2.75, 3.05) is 7.05 Å². The smallest absolute Gasteiger partial charge is 0.266 e. The minimum atomic E-state index is -0.581. The Hall–Kier alpha value is -2.21. The van der Waals surface area contributed by atoms with E-state index in [2.05, 4.69) is 5.16 Å². The third-order valence-corrected chi connectivity index (χ3v) is 4.41. The number of rotatable bonds is 5. The summed E-state index contributed by atoms with van der Waals surface area (Å²) in [4.78, 5) is 19.3. The van der Waals surface area contributed by atoms with Gasteiger partial charge in [-0.25, -0.2) is 4.39 Å². The molecule has 2 heterocycles. The van der Waals surface area contributed by atoms with Crippen LogP contribution in [-0.2, 0) is 22.6 Å². The fourth-order valence-corrected chi connectivity index (χ4v) is 3.19. The maximum absolute atomic E-state index is 13.2. The van der Waals surface area contributed by atoms with Gasteiger partial charge in [0.05, 0.1) is 5.71 Å². The minimum absolute atomic E-state index is 0.0887. The molecule has 4 nitrogen and oxygen atoms in total. The number of benzene rings is 1. The molecule has 1 atom stereocenters. The maximum Gasteiger partial charge on any atom is 0.266 e.